The summed E-state index contributed by atoms with van der Waals surface area (Å²) in [6.45, 7) is 0.193. The fourth-order valence-electron chi connectivity index (χ4n) is 1.79. The van der Waals surface area contributed by atoms with Crippen molar-refractivity contribution in [1.82, 2.24) is 5.32 Å². The predicted octanol–water partition coefficient (Wildman–Crippen LogP) is 2.22. The van der Waals surface area contributed by atoms with Gasteiger partial charge in [0.05, 0.1) is 19.9 Å². The Kier molecular flexibility index (Phi) is 4.83. The average molecular weight is 298 g/mol. The normalized spacial score (nSPS) is 10.8. The van der Waals surface area contributed by atoms with Crippen molar-refractivity contribution in [2.24, 2.45) is 0 Å². The molecule has 2 N–H and O–H groups in total. The van der Waals surface area contributed by atoms with Crippen molar-refractivity contribution >= 4 is 12.0 Å². The topological polar surface area (TPSA) is 95.5 Å². The highest BCUT2D eigenvalue weighted by atomic mass is 16.5. The molecule has 0 radical (unpaired) electrons. The molecule has 6 nitrogen and oxygen atoms in total. The van der Waals surface area contributed by atoms with E-state index in [0.29, 0.717) is 17.1 Å². The number of rotatable bonds is 5. The van der Waals surface area contributed by atoms with Gasteiger partial charge >= 0.3 is 0 Å². The Morgan fingerprint density at radius 3 is 2.91 bits per heavy atom. The van der Waals surface area contributed by atoms with Crippen LogP contribution in [0.3, 0.4) is 0 Å². The van der Waals surface area contributed by atoms with E-state index < -0.39 is 5.91 Å². The molecule has 22 heavy (non-hydrogen) atoms. The molecule has 2 rings (SSSR count). The van der Waals surface area contributed by atoms with Crippen LogP contribution in [0.25, 0.3) is 6.08 Å². The van der Waals surface area contributed by atoms with Crippen LogP contribution < -0.4 is 10.1 Å². The van der Waals surface area contributed by atoms with Crippen molar-refractivity contribution in [3.63, 3.8) is 0 Å². The Bertz CT molecular complexity index is 727. The second kappa shape index (κ2) is 6.99. The minimum atomic E-state index is -0.519. The molecule has 0 fully saturated rings. The van der Waals surface area contributed by atoms with Gasteiger partial charge in [-0.05, 0) is 35.9 Å². The van der Waals surface area contributed by atoms with Gasteiger partial charge in [0, 0.05) is 0 Å². The average Bonchev–Trinajstić information content (AvgIpc) is 3.04. The molecule has 1 heterocycles. The lowest BCUT2D eigenvalue weighted by atomic mass is 10.1. The number of methoxy groups -OCH3 is 1. The summed E-state index contributed by atoms with van der Waals surface area (Å²) in [7, 11) is 1.44. The second-order valence-electron chi connectivity index (χ2n) is 4.36. The van der Waals surface area contributed by atoms with Gasteiger partial charge in [-0.2, -0.15) is 5.26 Å². The number of ether oxygens (including phenoxy) is 1. The van der Waals surface area contributed by atoms with E-state index in [0.717, 1.165) is 0 Å². The summed E-state index contributed by atoms with van der Waals surface area (Å²) in [4.78, 5) is 12.0. The Morgan fingerprint density at radius 1 is 1.50 bits per heavy atom. The Hall–Kier alpha value is -3.20. The lowest BCUT2D eigenvalue weighted by Crippen LogP contribution is -2.23. The van der Waals surface area contributed by atoms with Gasteiger partial charge in [-0.15, -0.1) is 0 Å². The van der Waals surface area contributed by atoms with Crippen LogP contribution in [0.1, 0.15) is 11.3 Å². The molecule has 112 valence electrons. The van der Waals surface area contributed by atoms with E-state index in [2.05, 4.69) is 5.32 Å². The van der Waals surface area contributed by atoms with E-state index in [-0.39, 0.29) is 17.9 Å². The monoisotopic (exact) mass is 298 g/mol. The summed E-state index contributed by atoms with van der Waals surface area (Å²) in [6, 6.07) is 9.86. The van der Waals surface area contributed by atoms with Crippen LogP contribution >= 0.6 is 0 Å². The number of carbonyl (C=O) groups is 1. The van der Waals surface area contributed by atoms with Crippen molar-refractivity contribution < 1.29 is 19.1 Å². The number of nitrogens with one attached hydrogen (secondary N) is 1. The van der Waals surface area contributed by atoms with Crippen LogP contribution in [0.2, 0.25) is 0 Å². The minimum Gasteiger partial charge on any atom is -0.504 e. The number of phenolic OH excluding ortho intramolecular Hbond substituents is 1. The van der Waals surface area contributed by atoms with Gasteiger partial charge in [0.2, 0.25) is 0 Å². The van der Waals surface area contributed by atoms with Gasteiger partial charge in [0.15, 0.2) is 11.5 Å². The first-order valence-corrected chi connectivity index (χ1v) is 6.43. The standard InChI is InChI=1S/C16H14N2O4/c1-21-15-5-4-11(8-14(15)19)7-12(9-17)16(20)18-10-13-3-2-6-22-13/h2-8,19H,10H2,1H3,(H,18,20). The molecular weight excluding hydrogens is 284 g/mol. The lowest BCUT2D eigenvalue weighted by molar-refractivity contribution is -0.117. The number of hydrogen-bond donors (Lipinski definition) is 2. The minimum absolute atomic E-state index is 0.0652. The lowest BCUT2D eigenvalue weighted by Gasteiger charge is -2.05. The maximum Gasteiger partial charge on any atom is 0.262 e. The van der Waals surface area contributed by atoms with Gasteiger partial charge < -0.3 is 19.6 Å². The van der Waals surface area contributed by atoms with E-state index in [9.17, 15) is 9.90 Å². The highest BCUT2D eigenvalue weighted by Crippen LogP contribution is 2.27. The summed E-state index contributed by atoms with van der Waals surface area (Å²) in [5.74, 6) is 0.324. The molecule has 1 aromatic carbocycles. The zero-order chi connectivity index (χ0) is 15.9. The smallest absolute Gasteiger partial charge is 0.262 e. The number of phenols is 1. The third-order valence-electron chi connectivity index (χ3n) is 2.88. The van der Waals surface area contributed by atoms with Crippen molar-refractivity contribution in [2.75, 3.05) is 7.11 Å². The number of nitriles is 1. The fraction of sp³-hybridized carbons (Fsp3) is 0.125. The largest absolute Gasteiger partial charge is 0.504 e. The summed E-state index contributed by atoms with van der Waals surface area (Å²) in [6.07, 6.45) is 2.89. The van der Waals surface area contributed by atoms with E-state index in [1.54, 1.807) is 24.3 Å². The SMILES string of the molecule is COc1ccc(C=C(C#N)C(=O)NCc2ccco2)cc1O. The zero-order valence-corrected chi connectivity index (χ0v) is 11.9. The molecule has 0 spiro atoms. The molecule has 0 atom stereocenters. The fourth-order valence-corrected chi connectivity index (χ4v) is 1.79. The molecule has 0 saturated carbocycles. The zero-order valence-electron chi connectivity index (χ0n) is 11.9. The van der Waals surface area contributed by atoms with Gasteiger partial charge in [-0.3, -0.25) is 4.79 Å². The van der Waals surface area contributed by atoms with Crippen LogP contribution in [0.15, 0.2) is 46.6 Å². The number of aromatic hydroxyl groups is 1. The van der Waals surface area contributed by atoms with Crippen molar-refractivity contribution in [3.8, 4) is 17.6 Å². The Labute approximate surface area is 127 Å². The van der Waals surface area contributed by atoms with Crippen molar-refractivity contribution in [2.45, 2.75) is 6.54 Å². The molecule has 0 aliphatic heterocycles. The molecule has 2 aromatic rings. The van der Waals surface area contributed by atoms with Crippen molar-refractivity contribution in [3.05, 3.63) is 53.5 Å². The highest BCUT2D eigenvalue weighted by Gasteiger charge is 2.10. The maximum atomic E-state index is 12.0. The van der Waals surface area contributed by atoms with Crippen LogP contribution in [0.5, 0.6) is 11.5 Å². The maximum absolute atomic E-state index is 12.0. The first-order valence-electron chi connectivity index (χ1n) is 6.43. The summed E-state index contributed by atoms with van der Waals surface area (Å²) < 4.78 is 10.0. The third kappa shape index (κ3) is 3.67. The van der Waals surface area contributed by atoms with Crippen LogP contribution in [0, 0.1) is 11.3 Å². The summed E-state index contributed by atoms with van der Waals surface area (Å²) in [5, 5.41) is 21.4. The summed E-state index contributed by atoms with van der Waals surface area (Å²) >= 11 is 0. The van der Waals surface area contributed by atoms with E-state index in [1.165, 1.54) is 25.5 Å². The molecule has 0 saturated heterocycles. The highest BCUT2D eigenvalue weighted by molar-refractivity contribution is 6.01. The number of carbonyl (C=O) groups excluding carboxylic acids is 1. The molecule has 1 aromatic heterocycles. The van der Waals surface area contributed by atoms with Gasteiger partial charge in [0.1, 0.15) is 17.4 Å². The number of amides is 1. The van der Waals surface area contributed by atoms with Gasteiger partial charge in [-0.1, -0.05) is 6.07 Å². The molecule has 1 amide bonds. The molecule has 0 aliphatic carbocycles. The number of hydrogen-bond acceptors (Lipinski definition) is 5. The van der Waals surface area contributed by atoms with Crippen molar-refractivity contribution in [1.29, 1.82) is 5.26 Å². The van der Waals surface area contributed by atoms with Crippen LogP contribution in [-0.4, -0.2) is 18.1 Å². The third-order valence-corrected chi connectivity index (χ3v) is 2.88. The quantitative estimate of drug-likeness (QED) is 0.652. The second-order valence-corrected chi connectivity index (χ2v) is 4.36. The van der Waals surface area contributed by atoms with E-state index >= 15 is 0 Å². The molecule has 0 bridgehead atoms. The van der Waals surface area contributed by atoms with E-state index in [1.807, 2.05) is 6.07 Å². The number of furan rings is 1. The summed E-state index contributed by atoms with van der Waals surface area (Å²) in [5.41, 5.74) is 0.444. The Balaban J connectivity index is 2.11. The van der Waals surface area contributed by atoms with Crippen LogP contribution in [0.4, 0.5) is 0 Å². The Morgan fingerprint density at radius 2 is 2.32 bits per heavy atom. The number of nitrogens with zero attached hydrogens (tertiary/aromatic N) is 1. The van der Waals surface area contributed by atoms with Crippen LogP contribution in [-0.2, 0) is 11.3 Å². The van der Waals surface area contributed by atoms with Gasteiger partial charge in [-0.25, -0.2) is 0 Å². The number of benzene rings is 1. The first-order chi connectivity index (χ1) is 10.6. The molecule has 0 aliphatic rings. The first kappa shape index (κ1) is 15.2. The molecular formula is C16H14N2O4. The molecule has 0 unspecified atom stereocenters. The van der Waals surface area contributed by atoms with Gasteiger partial charge in [0.25, 0.3) is 5.91 Å². The van der Waals surface area contributed by atoms with E-state index in [4.69, 9.17) is 14.4 Å². The molecule has 6 heteroatoms. The predicted molar refractivity (Wildman–Crippen MR) is 78.8 cm³/mol.